The Morgan fingerprint density at radius 3 is 2.59 bits per heavy atom. The van der Waals surface area contributed by atoms with Crippen LogP contribution in [0.3, 0.4) is 0 Å². The smallest absolute Gasteiger partial charge is 0.237 e. The lowest BCUT2D eigenvalue weighted by atomic mass is 10.2. The Hall–Kier alpha value is -1.21. The topological polar surface area (TPSA) is 81.2 Å². The largest absolute Gasteiger partial charge is 0.480 e. The predicted molar refractivity (Wildman–Crippen MR) is 64.7 cm³/mol. The molecule has 0 aliphatic carbocycles. The van der Waals surface area contributed by atoms with Gasteiger partial charge in [0.15, 0.2) is 0 Å². The van der Waals surface area contributed by atoms with Crippen LogP contribution in [0.15, 0.2) is 12.4 Å². The van der Waals surface area contributed by atoms with E-state index in [1.165, 1.54) is 25.8 Å². The molecule has 0 aliphatic heterocycles. The van der Waals surface area contributed by atoms with Crippen molar-refractivity contribution in [1.29, 1.82) is 0 Å². The third-order valence-corrected chi connectivity index (χ3v) is 3.07. The summed E-state index contributed by atoms with van der Waals surface area (Å²) in [7, 11) is -1.62. The zero-order valence-corrected chi connectivity index (χ0v) is 11.0. The zero-order chi connectivity index (χ0) is 12.9. The Morgan fingerprint density at radius 1 is 1.41 bits per heavy atom. The normalized spacial score (nSPS) is 13.4. The highest BCUT2D eigenvalue weighted by atomic mass is 32.2. The van der Waals surface area contributed by atoms with E-state index in [0.717, 1.165) is 0 Å². The van der Waals surface area contributed by atoms with Crippen molar-refractivity contribution < 1.29 is 13.2 Å². The molecule has 6 nitrogen and oxygen atoms in total. The molecule has 1 N–H and O–H groups in total. The number of hydrogen-bond donors (Lipinski definition) is 1. The van der Waals surface area contributed by atoms with E-state index in [9.17, 15) is 8.42 Å². The van der Waals surface area contributed by atoms with Gasteiger partial charge in [0.25, 0.3) is 0 Å². The number of rotatable bonds is 6. The van der Waals surface area contributed by atoms with Crippen LogP contribution >= 0.6 is 0 Å². The Kier molecular flexibility index (Phi) is 4.83. The number of nitrogens with one attached hydrogen (secondary N) is 1. The van der Waals surface area contributed by atoms with Crippen LogP contribution in [0.2, 0.25) is 0 Å². The molecule has 1 aromatic heterocycles. The van der Waals surface area contributed by atoms with Gasteiger partial charge in [0.1, 0.15) is 15.5 Å². The number of aromatic nitrogens is 2. The highest BCUT2D eigenvalue weighted by Crippen LogP contribution is 2.20. The van der Waals surface area contributed by atoms with E-state index in [0.29, 0.717) is 18.1 Å². The second-order valence-electron chi connectivity index (χ2n) is 3.65. The predicted octanol–water partition coefficient (Wildman–Crippen LogP) is 0.180. The Labute approximate surface area is 101 Å². The maximum absolute atomic E-state index is 11.4. The van der Waals surface area contributed by atoms with E-state index in [-0.39, 0.29) is 5.75 Å². The molecule has 0 saturated heterocycles. The number of methoxy groups -OCH3 is 1. The Bertz CT molecular complexity index is 462. The third kappa shape index (κ3) is 4.27. The fraction of sp³-hybridized carbons (Fsp3) is 0.600. The van der Waals surface area contributed by atoms with Gasteiger partial charge < -0.3 is 10.1 Å². The van der Waals surface area contributed by atoms with Crippen LogP contribution in [-0.4, -0.2) is 44.0 Å². The average Bonchev–Trinajstić information content (AvgIpc) is 2.27. The monoisotopic (exact) mass is 259 g/mol. The van der Waals surface area contributed by atoms with Gasteiger partial charge in [0.05, 0.1) is 18.9 Å². The minimum atomic E-state index is -3.10. The van der Waals surface area contributed by atoms with Crippen molar-refractivity contribution in [3.05, 3.63) is 18.1 Å². The molecule has 1 heterocycles. The minimum absolute atomic E-state index is 0.0319. The number of ether oxygens (including phenoxy) is 1. The summed E-state index contributed by atoms with van der Waals surface area (Å²) in [6, 6.07) is -0.404. The second kappa shape index (κ2) is 5.92. The van der Waals surface area contributed by atoms with E-state index >= 15 is 0 Å². The van der Waals surface area contributed by atoms with Gasteiger partial charge in [-0.15, -0.1) is 0 Å². The highest BCUT2D eigenvalue weighted by molar-refractivity contribution is 7.90. The number of hydrogen-bond acceptors (Lipinski definition) is 6. The van der Waals surface area contributed by atoms with Gasteiger partial charge in [0, 0.05) is 18.6 Å². The van der Waals surface area contributed by atoms with E-state index < -0.39 is 15.9 Å². The second-order valence-corrected chi connectivity index (χ2v) is 5.84. The first-order valence-electron chi connectivity index (χ1n) is 5.24. The molecular weight excluding hydrogens is 242 g/mol. The SMILES string of the molecule is CCNC(CS(C)(=O)=O)c1nccnc1OC. The molecule has 0 aliphatic rings. The molecule has 1 rings (SSSR count). The van der Waals surface area contributed by atoms with E-state index in [1.54, 1.807) is 0 Å². The van der Waals surface area contributed by atoms with E-state index in [1.807, 2.05) is 6.92 Å². The molecule has 1 unspecified atom stereocenters. The molecule has 17 heavy (non-hydrogen) atoms. The summed E-state index contributed by atoms with van der Waals surface area (Å²) < 4.78 is 27.8. The molecule has 0 fully saturated rings. The first-order chi connectivity index (χ1) is 7.98. The standard InChI is InChI=1S/C10H17N3O3S/c1-4-11-8(7-17(3,14)15)9-10(16-2)13-6-5-12-9/h5-6,8,11H,4,7H2,1-3H3. The average molecular weight is 259 g/mol. The molecule has 96 valence electrons. The van der Waals surface area contributed by atoms with Crippen LogP contribution in [0, 0.1) is 0 Å². The van der Waals surface area contributed by atoms with Crippen molar-refractivity contribution in [3.63, 3.8) is 0 Å². The molecule has 0 amide bonds. The molecule has 0 aromatic carbocycles. The summed E-state index contributed by atoms with van der Waals surface area (Å²) in [5, 5.41) is 3.07. The maximum Gasteiger partial charge on any atom is 0.237 e. The van der Waals surface area contributed by atoms with Crippen molar-refractivity contribution in [2.24, 2.45) is 0 Å². The van der Waals surface area contributed by atoms with Gasteiger partial charge in [0.2, 0.25) is 5.88 Å². The van der Waals surface area contributed by atoms with Crippen LogP contribution < -0.4 is 10.1 Å². The summed E-state index contributed by atoms with van der Waals surface area (Å²) in [6.45, 7) is 2.54. The van der Waals surface area contributed by atoms with Crippen molar-refractivity contribution >= 4 is 9.84 Å². The Balaban J connectivity index is 3.04. The molecule has 7 heteroatoms. The van der Waals surface area contributed by atoms with Crippen molar-refractivity contribution in [1.82, 2.24) is 15.3 Å². The molecule has 1 aromatic rings. The third-order valence-electron chi connectivity index (χ3n) is 2.13. The lowest BCUT2D eigenvalue weighted by Crippen LogP contribution is -2.29. The van der Waals surface area contributed by atoms with Crippen LogP contribution in [0.1, 0.15) is 18.7 Å². The van der Waals surface area contributed by atoms with Crippen LogP contribution in [0.25, 0.3) is 0 Å². The number of nitrogens with zero attached hydrogens (tertiary/aromatic N) is 2. The van der Waals surface area contributed by atoms with Gasteiger partial charge in [-0.05, 0) is 6.54 Å². The molecule has 0 saturated carbocycles. The van der Waals surface area contributed by atoms with Gasteiger partial charge in [-0.3, -0.25) is 4.98 Å². The van der Waals surface area contributed by atoms with E-state index in [2.05, 4.69) is 15.3 Å². The number of sulfone groups is 1. The fourth-order valence-electron chi connectivity index (χ4n) is 1.52. The van der Waals surface area contributed by atoms with Gasteiger partial charge >= 0.3 is 0 Å². The molecule has 0 radical (unpaired) electrons. The van der Waals surface area contributed by atoms with Gasteiger partial charge in [-0.25, -0.2) is 13.4 Å². The van der Waals surface area contributed by atoms with Crippen LogP contribution in [0.5, 0.6) is 5.88 Å². The zero-order valence-electron chi connectivity index (χ0n) is 10.2. The highest BCUT2D eigenvalue weighted by Gasteiger charge is 2.21. The first-order valence-corrected chi connectivity index (χ1v) is 7.30. The minimum Gasteiger partial charge on any atom is -0.480 e. The molecule has 0 bridgehead atoms. The lowest BCUT2D eigenvalue weighted by molar-refractivity contribution is 0.381. The quantitative estimate of drug-likeness (QED) is 0.785. The summed E-state index contributed by atoms with van der Waals surface area (Å²) in [4.78, 5) is 8.15. The summed E-state index contributed by atoms with van der Waals surface area (Å²) >= 11 is 0. The van der Waals surface area contributed by atoms with Crippen molar-refractivity contribution in [2.75, 3.05) is 25.7 Å². The molecular formula is C10H17N3O3S. The molecule has 1 atom stereocenters. The van der Waals surface area contributed by atoms with Crippen LogP contribution in [-0.2, 0) is 9.84 Å². The summed E-state index contributed by atoms with van der Waals surface area (Å²) in [6.07, 6.45) is 4.22. The molecule has 0 spiro atoms. The van der Waals surface area contributed by atoms with Crippen molar-refractivity contribution in [2.45, 2.75) is 13.0 Å². The summed E-state index contributed by atoms with van der Waals surface area (Å²) in [5.41, 5.74) is 0.516. The van der Waals surface area contributed by atoms with E-state index in [4.69, 9.17) is 4.74 Å². The lowest BCUT2D eigenvalue weighted by Gasteiger charge is -2.17. The summed E-state index contributed by atoms with van der Waals surface area (Å²) in [5.74, 6) is 0.317. The van der Waals surface area contributed by atoms with Crippen molar-refractivity contribution in [3.8, 4) is 5.88 Å². The first kappa shape index (κ1) is 13.9. The van der Waals surface area contributed by atoms with Crippen LogP contribution in [0.4, 0.5) is 0 Å². The Morgan fingerprint density at radius 2 is 2.06 bits per heavy atom. The van der Waals surface area contributed by atoms with Gasteiger partial charge in [-0.2, -0.15) is 0 Å². The van der Waals surface area contributed by atoms with Gasteiger partial charge in [-0.1, -0.05) is 6.92 Å². The maximum atomic E-state index is 11.4. The fourth-order valence-corrected chi connectivity index (χ4v) is 2.40.